The summed E-state index contributed by atoms with van der Waals surface area (Å²) in [6, 6.07) is 0. The molecule has 15 heavy (non-hydrogen) atoms. The van der Waals surface area contributed by atoms with Crippen molar-refractivity contribution in [3.63, 3.8) is 0 Å². The summed E-state index contributed by atoms with van der Waals surface area (Å²) in [6.07, 6.45) is 16.8. The molecule has 3 atom stereocenters. The van der Waals surface area contributed by atoms with Gasteiger partial charge in [-0.3, -0.25) is 0 Å². The zero-order chi connectivity index (χ0) is 10.5. The first-order chi connectivity index (χ1) is 7.40. The molecule has 0 amide bonds. The summed E-state index contributed by atoms with van der Waals surface area (Å²) in [5.41, 5.74) is 0. The van der Waals surface area contributed by atoms with Crippen LogP contribution in [0.25, 0.3) is 0 Å². The first-order valence-corrected chi connectivity index (χ1v) is 7.40. The summed E-state index contributed by atoms with van der Waals surface area (Å²) in [4.78, 5) is 0. The van der Waals surface area contributed by atoms with Crippen molar-refractivity contribution in [1.82, 2.24) is 0 Å². The minimum Gasteiger partial charge on any atom is -0.0654 e. The monoisotopic (exact) mass is 208 g/mol. The number of fused-ring (bicyclic) bond motifs is 1. The number of hydrogen-bond acceptors (Lipinski definition) is 0. The molecule has 0 N–H and O–H groups in total. The molecule has 3 unspecified atom stereocenters. The standard InChI is InChI=1S/C15H28/c1-2-3-7-13-10-11-14-8-5-4-6-9-15(14)12-13/h13-15H,2-12H2,1H3. The van der Waals surface area contributed by atoms with Crippen molar-refractivity contribution in [3.05, 3.63) is 0 Å². The molecule has 0 heteroatoms. The molecule has 0 radical (unpaired) electrons. The van der Waals surface area contributed by atoms with Gasteiger partial charge in [-0.25, -0.2) is 0 Å². The van der Waals surface area contributed by atoms with Crippen molar-refractivity contribution in [2.24, 2.45) is 17.8 Å². The Bertz CT molecular complexity index is 173. The molecule has 0 aliphatic heterocycles. The van der Waals surface area contributed by atoms with Crippen LogP contribution in [0.15, 0.2) is 0 Å². The largest absolute Gasteiger partial charge is 0.0654 e. The van der Waals surface area contributed by atoms with Crippen molar-refractivity contribution in [3.8, 4) is 0 Å². The first kappa shape index (κ1) is 11.5. The summed E-state index contributed by atoms with van der Waals surface area (Å²) >= 11 is 0. The Kier molecular flexibility index (Phi) is 4.53. The van der Waals surface area contributed by atoms with Crippen LogP contribution in [0.1, 0.15) is 77.6 Å². The molecule has 88 valence electrons. The van der Waals surface area contributed by atoms with E-state index < -0.39 is 0 Å². The van der Waals surface area contributed by atoms with Crippen LogP contribution in [0.5, 0.6) is 0 Å². The molecule has 0 saturated heterocycles. The van der Waals surface area contributed by atoms with Gasteiger partial charge in [-0.15, -0.1) is 0 Å². The van der Waals surface area contributed by atoms with E-state index in [0.29, 0.717) is 0 Å². The highest BCUT2D eigenvalue weighted by atomic mass is 14.4. The Morgan fingerprint density at radius 1 is 0.867 bits per heavy atom. The molecule has 2 rings (SSSR count). The fourth-order valence-corrected chi connectivity index (χ4v) is 3.90. The molecule has 0 spiro atoms. The minimum absolute atomic E-state index is 1.10. The smallest absolute Gasteiger partial charge is 0.0383 e. The molecule has 0 aromatic carbocycles. The third-order valence-electron chi connectivity index (χ3n) is 4.86. The molecule has 0 aromatic heterocycles. The lowest BCUT2D eigenvalue weighted by atomic mass is 9.71. The van der Waals surface area contributed by atoms with Crippen molar-refractivity contribution < 1.29 is 0 Å². The van der Waals surface area contributed by atoms with Gasteiger partial charge < -0.3 is 0 Å². The van der Waals surface area contributed by atoms with Gasteiger partial charge in [0.15, 0.2) is 0 Å². The highest BCUT2D eigenvalue weighted by molar-refractivity contribution is 4.82. The van der Waals surface area contributed by atoms with E-state index in [1.54, 1.807) is 32.1 Å². The predicted molar refractivity (Wildman–Crippen MR) is 66.9 cm³/mol. The highest BCUT2D eigenvalue weighted by Gasteiger charge is 2.30. The average molecular weight is 208 g/mol. The molecule has 2 fully saturated rings. The lowest BCUT2D eigenvalue weighted by Crippen LogP contribution is -2.24. The average Bonchev–Trinajstić information content (AvgIpc) is 2.50. The van der Waals surface area contributed by atoms with Gasteiger partial charge in [-0.1, -0.05) is 64.7 Å². The topological polar surface area (TPSA) is 0 Å². The molecular weight excluding hydrogens is 180 g/mol. The quantitative estimate of drug-likeness (QED) is 0.600. The van der Waals surface area contributed by atoms with Crippen LogP contribution >= 0.6 is 0 Å². The summed E-state index contributed by atoms with van der Waals surface area (Å²) in [6.45, 7) is 2.33. The third kappa shape index (κ3) is 3.23. The Morgan fingerprint density at radius 3 is 2.47 bits per heavy atom. The highest BCUT2D eigenvalue weighted by Crippen LogP contribution is 2.42. The van der Waals surface area contributed by atoms with E-state index in [0.717, 1.165) is 17.8 Å². The second kappa shape index (κ2) is 5.92. The van der Waals surface area contributed by atoms with E-state index in [-0.39, 0.29) is 0 Å². The maximum absolute atomic E-state index is 2.33. The van der Waals surface area contributed by atoms with E-state index in [2.05, 4.69) is 6.92 Å². The van der Waals surface area contributed by atoms with E-state index in [4.69, 9.17) is 0 Å². The van der Waals surface area contributed by atoms with Crippen LogP contribution < -0.4 is 0 Å². The van der Waals surface area contributed by atoms with E-state index in [1.165, 1.54) is 38.5 Å². The van der Waals surface area contributed by atoms with Crippen LogP contribution in [0.4, 0.5) is 0 Å². The molecule has 0 aromatic rings. The molecule has 0 bridgehead atoms. The SMILES string of the molecule is CCCCC1CCC2CCCCCC2C1. The minimum atomic E-state index is 1.10. The van der Waals surface area contributed by atoms with E-state index >= 15 is 0 Å². The number of hydrogen-bond donors (Lipinski definition) is 0. The first-order valence-electron chi connectivity index (χ1n) is 7.40. The normalized spacial score (nSPS) is 37.0. The fraction of sp³-hybridized carbons (Fsp3) is 1.00. The van der Waals surface area contributed by atoms with Crippen molar-refractivity contribution in [2.75, 3.05) is 0 Å². The van der Waals surface area contributed by atoms with Gasteiger partial charge in [0, 0.05) is 0 Å². The molecule has 0 heterocycles. The summed E-state index contributed by atoms with van der Waals surface area (Å²) in [5.74, 6) is 3.36. The van der Waals surface area contributed by atoms with Crippen LogP contribution in [0.3, 0.4) is 0 Å². The van der Waals surface area contributed by atoms with Crippen LogP contribution in [-0.4, -0.2) is 0 Å². The van der Waals surface area contributed by atoms with Gasteiger partial charge >= 0.3 is 0 Å². The van der Waals surface area contributed by atoms with Gasteiger partial charge in [0.05, 0.1) is 0 Å². The third-order valence-corrected chi connectivity index (χ3v) is 4.86. The number of unbranched alkanes of at least 4 members (excludes halogenated alkanes) is 1. The van der Waals surface area contributed by atoms with Crippen LogP contribution in [-0.2, 0) is 0 Å². The molecule has 2 saturated carbocycles. The van der Waals surface area contributed by atoms with Crippen LogP contribution in [0, 0.1) is 17.8 Å². The zero-order valence-corrected chi connectivity index (χ0v) is 10.5. The summed E-state index contributed by atoms with van der Waals surface area (Å²) in [7, 11) is 0. The fourth-order valence-electron chi connectivity index (χ4n) is 3.90. The van der Waals surface area contributed by atoms with Gasteiger partial charge in [-0.2, -0.15) is 0 Å². The Morgan fingerprint density at radius 2 is 1.67 bits per heavy atom. The van der Waals surface area contributed by atoms with Gasteiger partial charge in [-0.05, 0) is 30.6 Å². The molecule has 2 aliphatic carbocycles. The maximum atomic E-state index is 2.33. The Labute approximate surface area is 95.8 Å². The lowest BCUT2D eigenvalue weighted by Gasteiger charge is -2.35. The van der Waals surface area contributed by atoms with Crippen molar-refractivity contribution in [2.45, 2.75) is 77.6 Å². The second-order valence-electron chi connectivity index (χ2n) is 5.98. The Balaban J connectivity index is 1.80. The van der Waals surface area contributed by atoms with Crippen molar-refractivity contribution in [1.29, 1.82) is 0 Å². The zero-order valence-electron chi connectivity index (χ0n) is 10.5. The predicted octanol–water partition coefficient (Wildman–Crippen LogP) is 5.17. The van der Waals surface area contributed by atoms with E-state index in [1.807, 2.05) is 0 Å². The van der Waals surface area contributed by atoms with Gasteiger partial charge in [0.1, 0.15) is 0 Å². The van der Waals surface area contributed by atoms with Gasteiger partial charge in [0.2, 0.25) is 0 Å². The molecule has 0 nitrogen and oxygen atoms in total. The molecular formula is C15H28. The number of rotatable bonds is 3. The molecule has 2 aliphatic rings. The summed E-state index contributed by atoms with van der Waals surface area (Å²) < 4.78 is 0. The van der Waals surface area contributed by atoms with E-state index in [9.17, 15) is 0 Å². The lowest BCUT2D eigenvalue weighted by molar-refractivity contribution is 0.162. The van der Waals surface area contributed by atoms with Gasteiger partial charge in [0.25, 0.3) is 0 Å². The van der Waals surface area contributed by atoms with Crippen LogP contribution in [0.2, 0.25) is 0 Å². The van der Waals surface area contributed by atoms with Crippen molar-refractivity contribution >= 4 is 0 Å². The Hall–Kier alpha value is 0. The summed E-state index contributed by atoms with van der Waals surface area (Å²) in [5, 5.41) is 0. The maximum Gasteiger partial charge on any atom is -0.0383 e. The second-order valence-corrected chi connectivity index (χ2v) is 5.98.